The number of hydrogen-bond acceptors (Lipinski definition) is 4. The Balaban J connectivity index is 1.47. The maximum absolute atomic E-state index is 12.9. The summed E-state index contributed by atoms with van der Waals surface area (Å²) in [5, 5.41) is 4.76. The Labute approximate surface area is 146 Å². The van der Waals surface area contributed by atoms with E-state index in [1.165, 1.54) is 5.56 Å². The van der Waals surface area contributed by atoms with E-state index >= 15 is 0 Å². The van der Waals surface area contributed by atoms with Crippen LogP contribution in [0.3, 0.4) is 0 Å². The Morgan fingerprint density at radius 3 is 2.96 bits per heavy atom. The van der Waals surface area contributed by atoms with Crippen LogP contribution in [0.2, 0.25) is 0 Å². The molecule has 0 radical (unpaired) electrons. The number of ether oxygens (including phenoxy) is 1. The van der Waals surface area contributed by atoms with E-state index in [2.05, 4.69) is 29.4 Å². The van der Waals surface area contributed by atoms with Crippen LogP contribution in [0.1, 0.15) is 34.0 Å². The molecule has 24 heavy (non-hydrogen) atoms. The summed E-state index contributed by atoms with van der Waals surface area (Å²) in [5.74, 6) is 1.64. The van der Waals surface area contributed by atoms with E-state index in [4.69, 9.17) is 4.74 Å². The molecule has 0 spiro atoms. The fourth-order valence-electron chi connectivity index (χ4n) is 3.29. The van der Waals surface area contributed by atoms with Gasteiger partial charge >= 0.3 is 0 Å². The second kappa shape index (κ2) is 6.89. The van der Waals surface area contributed by atoms with Crippen molar-refractivity contribution in [1.29, 1.82) is 0 Å². The largest absolute Gasteiger partial charge is 0.477 e. The summed E-state index contributed by atoms with van der Waals surface area (Å²) in [6.07, 6.45) is 3.59. The number of carbonyl (C=O) groups excluding carboxylic acids is 1. The third-order valence-electron chi connectivity index (χ3n) is 4.57. The van der Waals surface area contributed by atoms with Crippen LogP contribution in [0.5, 0.6) is 5.88 Å². The lowest BCUT2D eigenvalue weighted by atomic mass is 10.1. The average molecular weight is 343 g/mol. The van der Waals surface area contributed by atoms with Gasteiger partial charge in [-0.2, -0.15) is 16.9 Å². The second-order valence-electron chi connectivity index (χ2n) is 6.14. The molecule has 1 saturated heterocycles. The van der Waals surface area contributed by atoms with E-state index in [1.807, 2.05) is 22.7 Å². The lowest BCUT2D eigenvalue weighted by Crippen LogP contribution is -2.33. The zero-order valence-electron chi connectivity index (χ0n) is 13.6. The number of aromatic nitrogens is 2. The summed E-state index contributed by atoms with van der Waals surface area (Å²) >= 11 is 1.94. The van der Waals surface area contributed by atoms with Crippen LogP contribution < -0.4 is 4.74 Å². The molecule has 2 aliphatic rings. The molecule has 3 heterocycles. The molecule has 0 bridgehead atoms. The molecule has 2 aliphatic heterocycles. The Kier molecular flexibility index (Phi) is 4.47. The summed E-state index contributed by atoms with van der Waals surface area (Å²) in [6, 6.07) is 10.6. The minimum Gasteiger partial charge on any atom is -0.477 e. The molecule has 1 fully saturated rings. The third-order valence-corrected chi connectivity index (χ3v) is 5.90. The van der Waals surface area contributed by atoms with Gasteiger partial charge in [0.2, 0.25) is 5.88 Å². The molecule has 5 nitrogen and oxygen atoms in total. The van der Waals surface area contributed by atoms with Crippen molar-refractivity contribution >= 4 is 17.7 Å². The first kappa shape index (κ1) is 15.6. The standard InChI is InChI=1S/C18H21N3O2S/c22-17(15-13-19-21-8-4-11-23-18(15)21)20-9-7-16(24-12-10-20)14-5-2-1-3-6-14/h1-3,5-6,13,16H,4,7-12H2/t16-/m1/s1. The molecule has 0 aliphatic carbocycles. The van der Waals surface area contributed by atoms with Crippen molar-refractivity contribution in [3.05, 3.63) is 47.7 Å². The lowest BCUT2D eigenvalue weighted by molar-refractivity contribution is 0.0759. The van der Waals surface area contributed by atoms with Crippen LogP contribution in [0.15, 0.2) is 36.5 Å². The van der Waals surface area contributed by atoms with E-state index in [1.54, 1.807) is 10.9 Å². The summed E-state index contributed by atoms with van der Waals surface area (Å²) in [6.45, 7) is 3.04. The van der Waals surface area contributed by atoms with Gasteiger partial charge in [-0.3, -0.25) is 4.79 Å². The highest BCUT2D eigenvalue weighted by Crippen LogP contribution is 2.35. The van der Waals surface area contributed by atoms with Crippen molar-refractivity contribution in [3.63, 3.8) is 0 Å². The number of fused-ring (bicyclic) bond motifs is 1. The quantitative estimate of drug-likeness (QED) is 0.841. The summed E-state index contributed by atoms with van der Waals surface area (Å²) in [7, 11) is 0. The number of thioether (sulfide) groups is 1. The molecular weight excluding hydrogens is 322 g/mol. The Morgan fingerprint density at radius 1 is 1.21 bits per heavy atom. The van der Waals surface area contributed by atoms with Crippen molar-refractivity contribution in [2.24, 2.45) is 0 Å². The van der Waals surface area contributed by atoms with E-state index in [9.17, 15) is 4.79 Å². The molecule has 1 amide bonds. The van der Waals surface area contributed by atoms with Gasteiger partial charge in [-0.25, -0.2) is 4.68 Å². The van der Waals surface area contributed by atoms with Gasteiger partial charge in [-0.05, 0) is 12.0 Å². The van der Waals surface area contributed by atoms with Gasteiger partial charge in [0, 0.05) is 37.1 Å². The first-order valence-electron chi connectivity index (χ1n) is 8.47. The molecule has 2 aromatic rings. The zero-order chi connectivity index (χ0) is 16.4. The van der Waals surface area contributed by atoms with Crippen LogP contribution in [0, 0.1) is 0 Å². The summed E-state index contributed by atoms with van der Waals surface area (Å²) < 4.78 is 7.48. The number of aryl methyl sites for hydroxylation is 1. The van der Waals surface area contributed by atoms with Crippen molar-refractivity contribution in [1.82, 2.24) is 14.7 Å². The highest BCUT2D eigenvalue weighted by Gasteiger charge is 2.28. The zero-order valence-corrected chi connectivity index (χ0v) is 14.4. The fraction of sp³-hybridized carbons (Fsp3) is 0.444. The predicted molar refractivity (Wildman–Crippen MR) is 94.5 cm³/mol. The first-order valence-corrected chi connectivity index (χ1v) is 9.52. The van der Waals surface area contributed by atoms with Gasteiger partial charge in [-0.15, -0.1) is 0 Å². The van der Waals surface area contributed by atoms with Gasteiger partial charge in [0.05, 0.1) is 12.8 Å². The van der Waals surface area contributed by atoms with E-state index < -0.39 is 0 Å². The average Bonchev–Trinajstić information content (AvgIpc) is 2.91. The first-order chi connectivity index (χ1) is 11.8. The monoisotopic (exact) mass is 343 g/mol. The van der Waals surface area contributed by atoms with Crippen LogP contribution in [-0.4, -0.2) is 46.0 Å². The number of amides is 1. The molecule has 6 heteroatoms. The van der Waals surface area contributed by atoms with Crippen molar-refractivity contribution in [2.45, 2.75) is 24.6 Å². The smallest absolute Gasteiger partial charge is 0.261 e. The highest BCUT2D eigenvalue weighted by molar-refractivity contribution is 7.99. The van der Waals surface area contributed by atoms with E-state index in [0.717, 1.165) is 38.2 Å². The van der Waals surface area contributed by atoms with Crippen LogP contribution >= 0.6 is 11.8 Å². The molecule has 1 atom stereocenters. The van der Waals surface area contributed by atoms with E-state index in [0.29, 0.717) is 23.3 Å². The second-order valence-corrected chi connectivity index (χ2v) is 7.45. The highest BCUT2D eigenvalue weighted by atomic mass is 32.2. The fourth-order valence-corrected chi connectivity index (χ4v) is 4.52. The SMILES string of the molecule is O=C(c1cnn2c1OCCC2)N1CCS[C@@H](c2ccccc2)CC1. The van der Waals surface area contributed by atoms with Crippen molar-refractivity contribution in [2.75, 3.05) is 25.4 Å². The Hall–Kier alpha value is -1.95. The molecule has 126 valence electrons. The molecule has 0 N–H and O–H groups in total. The minimum atomic E-state index is 0.0486. The normalized spacial score (nSPS) is 20.8. The minimum absolute atomic E-state index is 0.0486. The Morgan fingerprint density at radius 2 is 2.08 bits per heavy atom. The number of carbonyl (C=O) groups is 1. The summed E-state index contributed by atoms with van der Waals surface area (Å²) in [5.41, 5.74) is 1.96. The number of nitrogens with zero attached hydrogens (tertiary/aromatic N) is 3. The topological polar surface area (TPSA) is 47.4 Å². The van der Waals surface area contributed by atoms with Gasteiger partial charge < -0.3 is 9.64 Å². The molecular formula is C18H21N3O2S. The lowest BCUT2D eigenvalue weighted by Gasteiger charge is -2.21. The number of hydrogen-bond donors (Lipinski definition) is 0. The van der Waals surface area contributed by atoms with Crippen LogP contribution in [0.4, 0.5) is 0 Å². The van der Waals surface area contributed by atoms with Gasteiger partial charge in [0.15, 0.2) is 0 Å². The molecule has 0 unspecified atom stereocenters. The number of rotatable bonds is 2. The van der Waals surface area contributed by atoms with Crippen molar-refractivity contribution in [3.8, 4) is 5.88 Å². The maximum Gasteiger partial charge on any atom is 0.261 e. The van der Waals surface area contributed by atoms with Crippen LogP contribution in [-0.2, 0) is 6.54 Å². The molecule has 0 saturated carbocycles. The molecule has 4 rings (SSSR count). The molecule has 1 aromatic carbocycles. The third kappa shape index (κ3) is 3.02. The Bertz CT molecular complexity index is 716. The number of benzene rings is 1. The predicted octanol–water partition coefficient (Wildman–Crippen LogP) is 2.99. The van der Waals surface area contributed by atoms with Gasteiger partial charge in [-0.1, -0.05) is 30.3 Å². The maximum atomic E-state index is 12.9. The van der Waals surface area contributed by atoms with Crippen LogP contribution in [0.25, 0.3) is 0 Å². The van der Waals surface area contributed by atoms with Gasteiger partial charge in [0.1, 0.15) is 5.56 Å². The van der Waals surface area contributed by atoms with Crippen molar-refractivity contribution < 1.29 is 9.53 Å². The molecule has 1 aromatic heterocycles. The van der Waals surface area contributed by atoms with Gasteiger partial charge in [0.25, 0.3) is 5.91 Å². The summed E-state index contributed by atoms with van der Waals surface area (Å²) in [4.78, 5) is 14.9. The van der Waals surface area contributed by atoms with E-state index in [-0.39, 0.29) is 5.91 Å².